The molecule has 196 valence electrons. The van der Waals surface area contributed by atoms with Gasteiger partial charge in [-0.1, -0.05) is 90.1 Å². The highest BCUT2D eigenvalue weighted by atomic mass is 32.2. The second-order valence-electron chi connectivity index (χ2n) is 12.1. The van der Waals surface area contributed by atoms with Crippen molar-refractivity contribution in [3.05, 3.63) is 72.6 Å². The zero-order valence-corrected chi connectivity index (χ0v) is 24.1. The van der Waals surface area contributed by atoms with Crippen LogP contribution in [0.3, 0.4) is 0 Å². The van der Waals surface area contributed by atoms with E-state index in [0.717, 1.165) is 40.6 Å². The van der Waals surface area contributed by atoms with E-state index in [9.17, 15) is 0 Å². The van der Waals surface area contributed by atoms with Crippen molar-refractivity contribution in [3.8, 4) is 33.6 Å². The van der Waals surface area contributed by atoms with Crippen molar-refractivity contribution in [1.29, 1.82) is 0 Å². The summed E-state index contributed by atoms with van der Waals surface area (Å²) in [7, 11) is 4.06. The predicted octanol–water partition coefficient (Wildman–Crippen LogP) is 7.52. The Morgan fingerprint density at radius 2 is 1.24 bits per heavy atom. The van der Waals surface area contributed by atoms with E-state index in [4.69, 9.17) is 4.98 Å². The Morgan fingerprint density at radius 1 is 0.757 bits per heavy atom. The van der Waals surface area contributed by atoms with Gasteiger partial charge in [-0.25, -0.2) is 19.0 Å². The molecule has 4 aromatic rings. The smallest absolute Gasteiger partial charge is 0.125 e. The summed E-state index contributed by atoms with van der Waals surface area (Å²) in [6, 6.07) is 17.4. The number of aromatic nitrogens is 4. The first-order valence-corrected chi connectivity index (χ1v) is 13.6. The number of rotatable bonds is 8. The molecule has 0 aliphatic rings. The maximum absolute atomic E-state index is 4.72. The average Bonchev–Trinajstić information content (AvgIpc) is 3.47. The van der Waals surface area contributed by atoms with Crippen LogP contribution >= 0.6 is 12.1 Å². The standard InChI is InChI=1S/C30H40N6S/c1-29(2,3)17-26-31-18-24(33-26)22-13-9-20(10-14-22)21-11-15-23(16-12-21)25-19-32-28(34-25)27(30(4,5)6)35-37-36(7)8/h9-16,18-19,27,35H,17H2,1-8H3,(H,31,33)(H,32,34). The molecule has 0 saturated heterocycles. The molecule has 0 amide bonds. The Labute approximate surface area is 226 Å². The van der Waals surface area contributed by atoms with Gasteiger partial charge in [-0.3, -0.25) is 0 Å². The zero-order chi connectivity index (χ0) is 26.8. The third kappa shape index (κ3) is 7.12. The summed E-state index contributed by atoms with van der Waals surface area (Å²) in [6.45, 7) is 13.4. The molecule has 0 radical (unpaired) electrons. The molecule has 2 heterocycles. The SMILES string of the molecule is CN(C)SNC(c1ncc(-c2ccc(-c3ccc(-c4cnc(CC(C)(C)C)[nH]4)cc3)cc2)[nH]1)C(C)(C)C. The number of benzene rings is 2. The monoisotopic (exact) mass is 516 g/mol. The van der Waals surface area contributed by atoms with E-state index >= 15 is 0 Å². The number of aromatic amines is 2. The fraction of sp³-hybridized carbons (Fsp3) is 0.400. The van der Waals surface area contributed by atoms with Crippen molar-refractivity contribution in [2.24, 2.45) is 10.8 Å². The number of hydrogen-bond donors (Lipinski definition) is 3. The van der Waals surface area contributed by atoms with Crippen LogP contribution in [0.5, 0.6) is 0 Å². The van der Waals surface area contributed by atoms with Crippen LogP contribution in [0.25, 0.3) is 33.6 Å². The van der Waals surface area contributed by atoms with Crippen LogP contribution < -0.4 is 4.72 Å². The molecule has 4 rings (SSSR count). The quantitative estimate of drug-likeness (QED) is 0.211. The Morgan fingerprint density at radius 3 is 1.73 bits per heavy atom. The van der Waals surface area contributed by atoms with E-state index in [1.54, 1.807) is 12.1 Å². The highest BCUT2D eigenvalue weighted by molar-refractivity contribution is 7.95. The first-order chi connectivity index (χ1) is 17.4. The van der Waals surface area contributed by atoms with Crippen molar-refractivity contribution >= 4 is 12.1 Å². The second kappa shape index (κ2) is 10.9. The van der Waals surface area contributed by atoms with Gasteiger partial charge in [0.15, 0.2) is 0 Å². The Balaban J connectivity index is 1.47. The van der Waals surface area contributed by atoms with Gasteiger partial charge >= 0.3 is 0 Å². The zero-order valence-electron chi connectivity index (χ0n) is 23.3. The summed E-state index contributed by atoms with van der Waals surface area (Å²) in [6.07, 6.45) is 4.79. The van der Waals surface area contributed by atoms with Gasteiger partial charge in [-0.15, -0.1) is 0 Å². The second-order valence-corrected chi connectivity index (χ2v) is 13.3. The third-order valence-corrected chi connectivity index (χ3v) is 6.85. The van der Waals surface area contributed by atoms with Gasteiger partial charge in [0.05, 0.1) is 29.8 Å². The van der Waals surface area contributed by atoms with E-state index in [1.807, 2.05) is 30.8 Å². The van der Waals surface area contributed by atoms with Crippen LogP contribution in [0.4, 0.5) is 0 Å². The third-order valence-electron chi connectivity index (χ3n) is 6.14. The first-order valence-electron chi connectivity index (χ1n) is 12.8. The van der Waals surface area contributed by atoms with Gasteiger partial charge in [0.1, 0.15) is 11.6 Å². The van der Waals surface area contributed by atoms with E-state index in [2.05, 4.69) is 110 Å². The molecular formula is C30H40N6S. The number of H-pyrrole nitrogens is 2. The lowest BCUT2D eigenvalue weighted by Gasteiger charge is -2.30. The van der Waals surface area contributed by atoms with Crippen LogP contribution in [0.15, 0.2) is 60.9 Å². The van der Waals surface area contributed by atoms with Gasteiger partial charge < -0.3 is 9.97 Å². The van der Waals surface area contributed by atoms with Gasteiger partial charge in [0, 0.05) is 18.6 Å². The minimum absolute atomic E-state index is 0.0124. The number of hydrogen-bond acceptors (Lipinski definition) is 5. The van der Waals surface area contributed by atoms with Crippen LogP contribution in [-0.2, 0) is 6.42 Å². The topological polar surface area (TPSA) is 72.6 Å². The maximum atomic E-state index is 4.72. The molecule has 0 aliphatic carbocycles. The molecule has 0 spiro atoms. The van der Waals surface area contributed by atoms with Gasteiger partial charge in [-0.2, -0.15) is 0 Å². The normalized spacial score (nSPS) is 13.3. The minimum Gasteiger partial charge on any atom is -0.342 e. The molecule has 0 bridgehead atoms. The van der Waals surface area contributed by atoms with E-state index < -0.39 is 0 Å². The fourth-order valence-corrected chi connectivity index (χ4v) is 5.00. The van der Waals surface area contributed by atoms with Gasteiger partial charge in [0.2, 0.25) is 0 Å². The molecule has 37 heavy (non-hydrogen) atoms. The molecule has 1 unspecified atom stereocenters. The molecule has 7 heteroatoms. The first kappa shape index (κ1) is 27.2. The van der Waals surface area contributed by atoms with E-state index in [0.29, 0.717) is 0 Å². The maximum Gasteiger partial charge on any atom is 0.125 e. The summed E-state index contributed by atoms with van der Waals surface area (Å²) in [5, 5.41) is 0. The molecule has 1 atom stereocenters. The summed E-state index contributed by atoms with van der Waals surface area (Å²) in [5.41, 5.74) is 6.94. The average molecular weight is 517 g/mol. The predicted molar refractivity (Wildman–Crippen MR) is 157 cm³/mol. The molecule has 2 aromatic carbocycles. The lowest BCUT2D eigenvalue weighted by atomic mass is 9.87. The number of nitrogens with one attached hydrogen (secondary N) is 3. The molecule has 0 fully saturated rings. The van der Waals surface area contributed by atoms with Crippen molar-refractivity contribution < 1.29 is 0 Å². The molecule has 0 aliphatic heterocycles. The Kier molecular flexibility index (Phi) is 7.97. The van der Waals surface area contributed by atoms with Crippen LogP contribution in [0.2, 0.25) is 0 Å². The van der Waals surface area contributed by atoms with Crippen LogP contribution in [0, 0.1) is 10.8 Å². The van der Waals surface area contributed by atoms with Crippen LogP contribution in [0.1, 0.15) is 59.2 Å². The Hall–Kier alpha value is -2.87. The number of imidazole rings is 2. The minimum atomic E-state index is 0.0124. The van der Waals surface area contributed by atoms with E-state index in [-0.39, 0.29) is 16.9 Å². The lowest BCUT2D eigenvalue weighted by Crippen LogP contribution is -2.31. The highest BCUT2D eigenvalue weighted by Gasteiger charge is 2.29. The molecular weight excluding hydrogens is 476 g/mol. The van der Waals surface area contributed by atoms with Crippen molar-refractivity contribution in [1.82, 2.24) is 29.0 Å². The molecule has 0 saturated carbocycles. The fourth-order valence-electron chi connectivity index (χ4n) is 4.22. The molecule has 2 aromatic heterocycles. The number of nitrogens with zero attached hydrogens (tertiary/aromatic N) is 3. The van der Waals surface area contributed by atoms with Gasteiger partial charge in [-0.05, 0) is 47.2 Å². The van der Waals surface area contributed by atoms with Gasteiger partial charge in [0.25, 0.3) is 0 Å². The summed E-state index contributed by atoms with van der Waals surface area (Å²) >= 11 is 1.59. The van der Waals surface area contributed by atoms with Crippen molar-refractivity contribution in [2.75, 3.05) is 14.1 Å². The summed E-state index contributed by atoms with van der Waals surface area (Å²) in [4.78, 5) is 16.3. The van der Waals surface area contributed by atoms with Crippen molar-refractivity contribution in [2.45, 2.75) is 54.0 Å². The van der Waals surface area contributed by atoms with Crippen LogP contribution in [-0.4, -0.2) is 38.3 Å². The van der Waals surface area contributed by atoms with E-state index in [1.165, 1.54) is 11.1 Å². The molecule has 6 nitrogen and oxygen atoms in total. The lowest BCUT2D eigenvalue weighted by molar-refractivity contribution is 0.299. The molecule has 3 N–H and O–H groups in total. The largest absolute Gasteiger partial charge is 0.342 e. The summed E-state index contributed by atoms with van der Waals surface area (Å²) < 4.78 is 5.59. The highest BCUT2D eigenvalue weighted by Crippen LogP contribution is 2.34. The van der Waals surface area contributed by atoms with Crippen molar-refractivity contribution in [3.63, 3.8) is 0 Å². The summed E-state index contributed by atoms with van der Waals surface area (Å²) in [5.74, 6) is 1.98. The Bertz CT molecular complexity index is 1290.